The molecule has 0 aliphatic heterocycles. The van der Waals surface area contributed by atoms with Crippen molar-refractivity contribution in [3.05, 3.63) is 81.8 Å². The molecule has 0 atom stereocenters. The van der Waals surface area contributed by atoms with Gasteiger partial charge in [-0.3, -0.25) is 9.48 Å². The number of amides is 2. The molecule has 0 aliphatic carbocycles. The standard InChI is InChI=1S/C20H22N4O2/c1-14-9-11-16(12-10-14)13-21-20(26)22-18-15(2)23(3)24(19(18)25)17-7-5-4-6-8-17/h4-12H,13H2,1-3H3,(H2,21,22,26). The van der Waals surface area contributed by atoms with E-state index < -0.39 is 6.03 Å². The summed E-state index contributed by atoms with van der Waals surface area (Å²) < 4.78 is 3.26. The van der Waals surface area contributed by atoms with Crippen LogP contribution in [0.1, 0.15) is 16.8 Å². The summed E-state index contributed by atoms with van der Waals surface area (Å²) in [5.74, 6) is 0. The summed E-state index contributed by atoms with van der Waals surface area (Å²) in [5.41, 5.74) is 3.61. The minimum absolute atomic E-state index is 0.262. The maximum Gasteiger partial charge on any atom is 0.319 e. The van der Waals surface area contributed by atoms with Gasteiger partial charge in [0.15, 0.2) is 0 Å². The van der Waals surface area contributed by atoms with Gasteiger partial charge < -0.3 is 10.6 Å². The molecule has 0 saturated carbocycles. The predicted octanol–water partition coefficient (Wildman–Crippen LogP) is 3.11. The van der Waals surface area contributed by atoms with E-state index in [0.29, 0.717) is 12.2 Å². The molecule has 0 radical (unpaired) electrons. The van der Waals surface area contributed by atoms with Gasteiger partial charge in [-0.25, -0.2) is 9.48 Å². The third-order valence-electron chi connectivity index (χ3n) is 4.37. The molecule has 3 rings (SSSR count). The Kier molecular flexibility index (Phi) is 4.93. The van der Waals surface area contributed by atoms with E-state index >= 15 is 0 Å². The molecule has 3 aromatic rings. The molecule has 0 unspecified atom stereocenters. The molecule has 0 aliphatic rings. The summed E-state index contributed by atoms with van der Waals surface area (Å²) in [5, 5.41) is 5.47. The number of aryl methyl sites for hydroxylation is 1. The fourth-order valence-electron chi connectivity index (χ4n) is 2.76. The largest absolute Gasteiger partial charge is 0.334 e. The van der Waals surface area contributed by atoms with Crippen molar-refractivity contribution in [3.63, 3.8) is 0 Å². The number of rotatable bonds is 4. The normalized spacial score (nSPS) is 10.6. The molecular formula is C20H22N4O2. The number of benzene rings is 2. The van der Waals surface area contributed by atoms with Crippen molar-refractivity contribution >= 4 is 11.7 Å². The van der Waals surface area contributed by atoms with Crippen LogP contribution in [0, 0.1) is 13.8 Å². The number of nitrogens with zero attached hydrogens (tertiary/aromatic N) is 2. The Morgan fingerprint density at radius 3 is 2.31 bits per heavy atom. The van der Waals surface area contributed by atoms with E-state index in [4.69, 9.17) is 0 Å². The molecule has 26 heavy (non-hydrogen) atoms. The van der Waals surface area contributed by atoms with Gasteiger partial charge in [0.2, 0.25) is 0 Å². The Bertz CT molecular complexity index is 970. The van der Waals surface area contributed by atoms with Gasteiger partial charge in [0.25, 0.3) is 5.56 Å². The highest BCUT2D eigenvalue weighted by Gasteiger charge is 2.17. The Morgan fingerprint density at radius 2 is 1.65 bits per heavy atom. The summed E-state index contributed by atoms with van der Waals surface area (Å²) in [6.07, 6.45) is 0. The van der Waals surface area contributed by atoms with E-state index in [1.807, 2.05) is 61.5 Å². The van der Waals surface area contributed by atoms with Crippen LogP contribution in [0.5, 0.6) is 0 Å². The van der Waals surface area contributed by atoms with E-state index in [0.717, 1.165) is 11.3 Å². The Labute approximate surface area is 152 Å². The first-order chi connectivity index (χ1) is 12.5. The van der Waals surface area contributed by atoms with Crippen molar-refractivity contribution in [1.29, 1.82) is 0 Å². The number of urea groups is 1. The third kappa shape index (κ3) is 3.54. The SMILES string of the molecule is Cc1ccc(CNC(=O)Nc2c(C)n(C)n(-c3ccccc3)c2=O)cc1. The van der Waals surface area contributed by atoms with Gasteiger partial charge in [0, 0.05) is 13.6 Å². The fourth-order valence-corrected chi connectivity index (χ4v) is 2.76. The van der Waals surface area contributed by atoms with E-state index in [-0.39, 0.29) is 11.2 Å². The topological polar surface area (TPSA) is 68.1 Å². The van der Waals surface area contributed by atoms with Crippen LogP contribution < -0.4 is 16.2 Å². The first-order valence-electron chi connectivity index (χ1n) is 8.42. The molecule has 0 bridgehead atoms. The van der Waals surface area contributed by atoms with Gasteiger partial charge in [0.05, 0.1) is 11.4 Å². The number of anilines is 1. The van der Waals surface area contributed by atoms with Gasteiger partial charge in [0.1, 0.15) is 5.69 Å². The Morgan fingerprint density at radius 1 is 1.00 bits per heavy atom. The zero-order valence-electron chi connectivity index (χ0n) is 15.1. The maximum atomic E-state index is 12.8. The van der Waals surface area contributed by atoms with Crippen molar-refractivity contribution in [2.45, 2.75) is 20.4 Å². The predicted molar refractivity (Wildman–Crippen MR) is 103 cm³/mol. The smallest absolute Gasteiger partial charge is 0.319 e. The average Bonchev–Trinajstić information content (AvgIpc) is 2.85. The highest BCUT2D eigenvalue weighted by molar-refractivity contribution is 5.89. The molecule has 2 aromatic carbocycles. The number of aromatic nitrogens is 2. The van der Waals surface area contributed by atoms with Gasteiger partial charge in [-0.15, -0.1) is 0 Å². The van der Waals surface area contributed by atoms with Crippen molar-refractivity contribution in [3.8, 4) is 5.69 Å². The summed E-state index contributed by atoms with van der Waals surface area (Å²) in [7, 11) is 1.79. The van der Waals surface area contributed by atoms with Crippen LogP contribution in [0.4, 0.5) is 10.5 Å². The lowest BCUT2D eigenvalue weighted by atomic mass is 10.1. The van der Waals surface area contributed by atoms with E-state index in [2.05, 4.69) is 10.6 Å². The maximum absolute atomic E-state index is 12.8. The molecule has 0 saturated heterocycles. The van der Waals surface area contributed by atoms with Crippen LogP contribution in [0.2, 0.25) is 0 Å². The van der Waals surface area contributed by atoms with Gasteiger partial charge in [-0.1, -0.05) is 48.0 Å². The molecule has 2 N–H and O–H groups in total. The second kappa shape index (κ2) is 7.31. The van der Waals surface area contributed by atoms with E-state index in [1.54, 1.807) is 18.7 Å². The van der Waals surface area contributed by atoms with E-state index in [1.165, 1.54) is 10.2 Å². The van der Waals surface area contributed by atoms with Crippen molar-refractivity contribution < 1.29 is 4.79 Å². The van der Waals surface area contributed by atoms with Crippen LogP contribution in [0.25, 0.3) is 5.69 Å². The molecule has 6 nitrogen and oxygen atoms in total. The Balaban J connectivity index is 1.76. The number of carbonyl (C=O) groups is 1. The van der Waals surface area contributed by atoms with Gasteiger partial charge in [-0.05, 0) is 31.5 Å². The number of hydrogen-bond acceptors (Lipinski definition) is 2. The molecular weight excluding hydrogens is 328 g/mol. The van der Waals surface area contributed by atoms with Crippen molar-refractivity contribution in [2.75, 3.05) is 5.32 Å². The molecule has 1 heterocycles. The number of hydrogen-bond donors (Lipinski definition) is 2. The minimum atomic E-state index is -0.406. The van der Waals surface area contributed by atoms with Gasteiger partial charge in [-0.2, -0.15) is 0 Å². The quantitative estimate of drug-likeness (QED) is 0.759. The fraction of sp³-hybridized carbons (Fsp3) is 0.200. The lowest BCUT2D eigenvalue weighted by molar-refractivity contribution is 0.251. The van der Waals surface area contributed by atoms with Crippen LogP contribution in [0.3, 0.4) is 0 Å². The zero-order valence-corrected chi connectivity index (χ0v) is 15.1. The van der Waals surface area contributed by atoms with Crippen LogP contribution in [-0.4, -0.2) is 15.4 Å². The average molecular weight is 350 g/mol. The van der Waals surface area contributed by atoms with Crippen LogP contribution in [0.15, 0.2) is 59.4 Å². The lowest BCUT2D eigenvalue weighted by Crippen LogP contribution is -2.31. The number of nitrogens with one attached hydrogen (secondary N) is 2. The summed E-state index contributed by atoms with van der Waals surface area (Å²) >= 11 is 0. The first kappa shape index (κ1) is 17.5. The monoisotopic (exact) mass is 350 g/mol. The van der Waals surface area contributed by atoms with E-state index in [9.17, 15) is 9.59 Å². The second-order valence-corrected chi connectivity index (χ2v) is 6.23. The Hall–Kier alpha value is -3.28. The molecule has 1 aromatic heterocycles. The molecule has 2 amide bonds. The van der Waals surface area contributed by atoms with Crippen LogP contribution >= 0.6 is 0 Å². The highest BCUT2D eigenvalue weighted by atomic mass is 16.2. The summed E-state index contributed by atoms with van der Waals surface area (Å²) in [6.45, 7) is 4.21. The summed E-state index contributed by atoms with van der Waals surface area (Å²) in [6, 6.07) is 16.8. The van der Waals surface area contributed by atoms with Crippen molar-refractivity contribution in [1.82, 2.24) is 14.7 Å². The molecule has 134 valence electrons. The van der Waals surface area contributed by atoms with Crippen LogP contribution in [-0.2, 0) is 13.6 Å². The minimum Gasteiger partial charge on any atom is -0.334 e. The zero-order chi connectivity index (χ0) is 18.7. The lowest BCUT2D eigenvalue weighted by Gasteiger charge is -2.07. The molecule has 0 fully saturated rings. The molecule has 6 heteroatoms. The second-order valence-electron chi connectivity index (χ2n) is 6.23. The highest BCUT2D eigenvalue weighted by Crippen LogP contribution is 2.13. The molecule has 0 spiro atoms. The number of para-hydroxylation sites is 1. The first-order valence-corrected chi connectivity index (χ1v) is 8.42. The number of carbonyl (C=O) groups excluding carboxylic acids is 1. The van der Waals surface area contributed by atoms with Gasteiger partial charge >= 0.3 is 6.03 Å². The van der Waals surface area contributed by atoms with Crippen molar-refractivity contribution in [2.24, 2.45) is 7.05 Å². The summed E-state index contributed by atoms with van der Waals surface area (Å²) in [4.78, 5) is 25.0. The third-order valence-corrected chi connectivity index (χ3v) is 4.37.